The predicted molar refractivity (Wildman–Crippen MR) is 106 cm³/mol. The van der Waals surface area contributed by atoms with Crippen molar-refractivity contribution < 1.29 is 19.8 Å². The first-order chi connectivity index (χ1) is 13.5. The van der Waals surface area contributed by atoms with Crippen LogP contribution in [0.1, 0.15) is 55.3 Å². The molecule has 6 nitrogen and oxygen atoms in total. The molecular weight excluding hydrogens is 356 g/mol. The molecule has 0 aromatic heterocycles. The number of nitrogens with zero attached hydrogens (tertiary/aromatic N) is 2. The summed E-state index contributed by atoms with van der Waals surface area (Å²) < 4.78 is 0. The second-order valence-corrected chi connectivity index (χ2v) is 8.73. The summed E-state index contributed by atoms with van der Waals surface area (Å²) >= 11 is 0. The van der Waals surface area contributed by atoms with Crippen LogP contribution in [-0.2, 0) is 4.79 Å². The van der Waals surface area contributed by atoms with E-state index in [9.17, 15) is 19.8 Å². The molecule has 1 aromatic carbocycles. The molecule has 28 heavy (non-hydrogen) atoms. The predicted octanol–water partition coefficient (Wildman–Crippen LogP) is 2.75. The minimum absolute atomic E-state index is 0.0900. The number of benzene rings is 1. The number of piperidine rings is 2. The second kappa shape index (κ2) is 7.74. The summed E-state index contributed by atoms with van der Waals surface area (Å²) in [5.74, 6) is -0.756. The molecule has 0 unspecified atom stereocenters. The highest BCUT2D eigenvalue weighted by atomic mass is 16.4. The smallest absolute Gasteiger partial charge is 0.314 e. The fourth-order valence-electron chi connectivity index (χ4n) is 4.74. The number of carboxylic acids is 1. The number of amides is 1. The lowest BCUT2D eigenvalue weighted by Gasteiger charge is -2.43. The van der Waals surface area contributed by atoms with E-state index in [-0.39, 0.29) is 12.5 Å². The molecule has 2 atom stereocenters. The van der Waals surface area contributed by atoms with Gasteiger partial charge in [0.05, 0.1) is 6.10 Å². The first-order valence-electron chi connectivity index (χ1n) is 10.6. The number of aliphatic hydroxyl groups excluding tert-OH is 1. The maximum absolute atomic E-state index is 13.0. The van der Waals surface area contributed by atoms with E-state index in [1.807, 2.05) is 24.3 Å². The summed E-state index contributed by atoms with van der Waals surface area (Å²) in [6.45, 7) is 2.60. The number of carbonyl (C=O) groups excluding carboxylic acids is 1. The van der Waals surface area contributed by atoms with E-state index in [0.717, 1.165) is 31.6 Å². The maximum Gasteiger partial charge on any atom is 0.314 e. The van der Waals surface area contributed by atoms with E-state index in [1.54, 1.807) is 4.90 Å². The number of rotatable bonds is 5. The summed E-state index contributed by atoms with van der Waals surface area (Å²) in [5, 5.41) is 20.4. The number of aliphatic hydroxyl groups is 1. The third kappa shape index (κ3) is 3.75. The van der Waals surface area contributed by atoms with Gasteiger partial charge < -0.3 is 20.0 Å². The molecule has 152 valence electrons. The number of carboxylic acid groups (broad SMARTS) is 1. The Morgan fingerprint density at radius 3 is 2.29 bits per heavy atom. The molecular formula is C22H30N2O4. The van der Waals surface area contributed by atoms with Crippen LogP contribution < -0.4 is 4.90 Å². The first-order valence-corrected chi connectivity index (χ1v) is 10.6. The summed E-state index contributed by atoms with van der Waals surface area (Å²) in [6.07, 6.45) is 5.61. The largest absolute Gasteiger partial charge is 0.481 e. The Morgan fingerprint density at radius 1 is 1.00 bits per heavy atom. The van der Waals surface area contributed by atoms with E-state index in [1.165, 1.54) is 19.3 Å². The van der Waals surface area contributed by atoms with Crippen molar-refractivity contribution in [2.75, 3.05) is 31.1 Å². The SMILES string of the molecule is O=C(c1ccc(N2CCCCC2)cc1)N1CC[C@H](O)[C@](CC2CC2)(C(=O)O)C1. The van der Waals surface area contributed by atoms with E-state index in [0.29, 0.717) is 30.9 Å². The number of anilines is 1. The molecule has 4 rings (SSSR count). The lowest BCUT2D eigenvalue weighted by molar-refractivity contribution is -0.163. The van der Waals surface area contributed by atoms with Crippen molar-refractivity contribution in [3.63, 3.8) is 0 Å². The quantitative estimate of drug-likeness (QED) is 0.813. The summed E-state index contributed by atoms with van der Waals surface area (Å²) in [7, 11) is 0. The molecule has 0 radical (unpaired) electrons. The highest BCUT2D eigenvalue weighted by Crippen LogP contribution is 2.45. The van der Waals surface area contributed by atoms with Crippen LogP contribution >= 0.6 is 0 Å². The molecule has 2 heterocycles. The van der Waals surface area contributed by atoms with Gasteiger partial charge in [-0.05, 0) is 62.3 Å². The van der Waals surface area contributed by atoms with Crippen molar-refractivity contribution in [1.29, 1.82) is 0 Å². The topological polar surface area (TPSA) is 81.1 Å². The normalized spacial score (nSPS) is 28.2. The highest BCUT2D eigenvalue weighted by molar-refractivity contribution is 5.95. The Morgan fingerprint density at radius 2 is 1.68 bits per heavy atom. The number of hydrogen-bond donors (Lipinski definition) is 2. The minimum Gasteiger partial charge on any atom is -0.481 e. The Bertz CT molecular complexity index is 725. The molecule has 6 heteroatoms. The van der Waals surface area contributed by atoms with Crippen molar-refractivity contribution >= 4 is 17.6 Å². The van der Waals surface area contributed by atoms with Crippen molar-refractivity contribution in [1.82, 2.24) is 4.90 Å². The van der Waals surface area contributed by atoms with Crippen LogP contribution in [0, 0.1) is 11.3 Å². The average Bonchev–Trinajstić information content (AvgIpc) is 3.54. The van der Waals surface area contributed by atoms with Crippen LogP contribution in [-0.4, -0.2) is 59.3 Å². The van der Waals surface area contributed by atoms with E-state index >= 15 is 0 Å². The molecule has 1 amide bonds. The maximum atomic E-state index is 13.0. The third-order valence-corrected chi connectivity index (χ3v) is 6.68. The first kappa shape index (κ1) is 19.2. The van der Waals surface area contributed by atoms with E-state index in [2.05, 4.69) is 4.90 Å². The molecule has 2 saturated heterocycles. The third-order valence-electron chi connectivity index (χ3n) is 6.68. The van der Waals surface area contributed by atoms with E-state index in [4.69, 9.17) is 0 Å². The van der Waals surface area contributed by atoms with Crippen LogP contribution in [0.2, 0.25) is 0 Å². The van der Waals surface area contributed by atoms with Crippen molar-refractivity contribution in [2.45, 2.75) is 51.0 Å². The van der Waals surface area contributed by atoms with Gasteiger partial charge in [-0.1, -0.05) is 12.8 Å². The van der Waals surface area contributed by atoms with Gasteiger partial charge in [0.25, 0.3) is 5.91 Å². The van der Waals surface area contributed by atoms with Gasteiger partial charge in [0.2, 0.25) is 0 Å². The fourth-order valence-corrected chi connectivity index (χ4v) is 4.74. The van der Waals surface area contributed by atoms with Gasteiger partial charge in [-0.2, -0.15) is 0 Å². The van der Waals surface area contributed by atoms with Gasteiger partial charge in [-0.25, -0.2) is 0 Å². The zero-order chi connectivity index (χ0) is 19.7. The highest BCUT2D eigenvalue weighted by Gasteiger charge is 2.52. The standard InChI is InChI=1S/C22H30N2O4/c25-19-10-13-24(15-22(19,21(27)28)14-16-4-5-16)20(26)17-6-8-18(9-7-17)23-11-2-1-3-12-23/h6-9,16,19,25H,1-5,10-15H2,(H,27,28)/t19-,22+/m0/s1. The number of carbonyl (C=O) groups is 2. The number of hydrogen-bond acceptors (Lipinski definition) is 4. The molecule has 3 aliphatic rings. The zero-order valence-corrected chi connectivity index (χ0v) is 16.3. The van der Waals surface area contributed by atoms with Crippen molar-refractivity contribution in [3.8, 4) is 0 Å². The summed E-state index contributed by atoms with van der Waals surface area (Å²) in [4.78, 5) is 29.1. The minimum atomic E-state index is -1.23. The number of likely N-dealkylation sites (tertiary alicyclic amines) is 1. The molecule has 2 N–H and O–H groups in total. The lowest BCUT2D eigenvalue weighted by atomic mass is 9.73. The van der Waals surface area contributed by atoms with Crippen LogP contribution in [0.3, 0.4) is 0 Å². The van der Waals surface area contributed by atoms with E-state index < -0.39 is 17.5 Å². The van der Waals surface area contributed by atoms with Crippen LogP contribution in [0.4, 0.5) is 5.69 Å². The Hall–Kier alpha value is -2.08. The Balaban J connectivity index is 1.48. The monoisotopic (exact) mass is 386 g/mol. The van der Waals surface area contributed by atoms with Gasteiger partial charge >= 0.3 is 5.97 Å². The second-order valence-electron chi connectivity index (χ2n) is 8.73. The summed E-state index contributed by atoms with van der Waals surface area (Å²) in [6, 6.07) is 7.68. The van der Waals surface area contributed by atoms with Crippen molar-refractivity contribution in [3.05, 3.63) is 29.8 Å². The van der Waals surface area contributed by atoms with Crippen molar-refractivity contribution in [2.24, 2.45) is 11.3 Å². The van der Waals surface area contributed by atoms with Crippen LogP contribution in [0.25, 0.3) is 0 Å². The van der Waals surface area contributed by atoms with Gasteiger partial charge in [0.15, 0.2) is 0 Å². The molecule has 1 aromatic rings. The van der Waals surface area contributed by atoms with Gasteiger partial charge in [-0.15, -0.1) is 0 Å². The molecule has 0 bridgehead atoms. The zero-order valence-electron chi connectivity index (χ0n) is 16.3. The van der Waals surface area contributed by atoms with Gasteiger partial charge in [-0.3, -0.25) is 9.59 Å². The van der Waals surface area contributed by atoms with Gasteiger partial charge in [0, 0.05) is 37.4 Å². The van der Waals surface area contributed by atoms with Crippen LogP contribution in [0.15, 0.2) is 24.3 Å². The Labute approximate surface area is 166 Å². The Kier molecular flexibility index (Phi) is 5.32. The average molecular weight is 386 g/mol. The molecule has 3 fully saturated rings. The van der Waals surface area contributed by atoms with Gasteiger partial charge in [0.1, 0.15) is 5.41 Å². The molecule has 1 aliphatic carbocycles. The molecule has 0 spiro atoms. The fraction of sp³-hybridized carbons (Fsp3) is 0.636. The van der Waals surface area contributed by atoms with Crippen LogP contribution in [0.5, 0.6) is 0 Å². The molecule has 1 saturated carbocycles. The molecule has 2 aliphatic heterocycles. The lowest BCUT2D eigenvalue weighted by Crippen LogP contribution is -2.57. The number of aliphatic carboxylic acids is 1. The summed E-state index contributed by atoms with van der Waals surface area (Å²) in [5.41, 5.74) is 0.491.